The van der Waals surface area contributed by atoms with Crippen LogP contribution in [0.5, 0.6) is 0 Å². The largest absolute Gasteiger partial charge is 0.397 e. The maximum Gasteiger partial charge on any atom is 0.296 e. The fourth-order valence-corrected chi connectivity index (χ4v) is 3.04. The summed E-state index contributed by atoms with van der Waals surface area (Å²) in [5.41, 5.74) is 5.52. The molecule has 0 aromatic heterocycles. The molecule has 3 rings (SSSR count). The maximum atomic E-state index is 12.4. The normalized spacial score (nSPS) is 13.8. The van der Waals surface area contributed by atoms with E-state index in [2.05, 4.69) is 0 Å². The van der Waals surface area contributed by atoms with E-state index in [9.17, 15) is 18.0 Å². The second-order valence-electron chi connectivity index (χ2n) is 4.58. The van der Waals surface area contributed by atoms with Crippen LogP contribution in [0.25, 0.3) is 0 Å². The SMILES string of the molecule is Nc1c(S(=O)(=O)O)ccc2c1C(=O)c1ccccc1C2=O. The first kappa shape index (κ1) is 13.5. The molecule has 106 valence electrons. The van der Waals surface area contributed by atoms with Gasteiger partial charge in [0.2, 0.25) is 0 Å². The van der Waals surface area contributed by atoms with Crippen LogP contribution in [0.2, 0.25) is 0 Å². The lowest BCUT2D eigenvalue weighted by atomic mass is 9.83. The number of rotatable bonds is 1. The van der Waals surface area contributed by atoms with Crippen LogP contribution in [0, 0.1) is 0 Å². The number of anilines is 1. The summed E-state index contributed by atoms with van der Waals surface area (Å²) < 4.78 is 31.6. The minimum Gasteiger partial charge on any atom is -0.397 e. The number of carbonyl (C=O) groups is 2. The molecule has 1 aliphatic rings. The first-order valence-electron chi connectivity index (χ1n) is 5.90. The molecule has 7 heteroatoms. The van der Waals surface area contributed by atoms with Crippen molar-refractivity contribution in [2.75, 3.05) is 5.73 Å². The van der Waals surface area contributed by atoms with E-state index in [4.69, 9.17) is 10.3 Å². The molecule has 0 saturated carbocycles. The van der Waals surface area contributed by atoms with Gasteiger partial charge in [0.1, 0.15) is 4.90 Å². The quantitative estimate of drug-likeness (QED) is 0.517. The van der Waals surface area contributed by atoms with Gasteiger partial charge in [-0.05, 0) is 12.1 Å². The van der Waals surface area contributed by atoms with Gasteiger partial charge in [-0.15, -0.1) is 0 Å². The summed E-state index contributed by atoms with van der Waals surface area (Å²) in [6.45, 7) is 0. The van der Waals surface area contributed by atoms with Crippen molar-refractivity contribution >= 4 is 27.4 Å². The molecular formula is C14H9NO5S. The van der Waals surface area contributed by atoms with Gasteiger partial charge in [0.15, 0.2) is 11.6 Å². The molecule has 6 nitrogen and oxygen atoms in total. The van der Waals surface area contributed by atoms with Crippen LogP contribution in [0.3, 0.4) is 0 Å². The van der Waals surface area contributed by atoms with Gasteiger partial charge < -0.3 is 5.73 Å². The topological polar surface area (TPSA) is 115 Å². The number of hydrogen-bond acceptors (Lipinski definition) is 5. The van der Waals surface area contributed by atoms with Crippen molar-refractivity contribution in [2.45, 2.75) is 4.90 Å². The van der Waals surface area contributed by atoms with E-state index in [0.717, 1.165) is 6.07 Å². The molecule has 2 aromatic carbocycles. The Morgan fingerprint density at radius 2 is 1.43 bits per heavy atom. The standard InChI is InChI=1S/C14H9NO5S/c15-12-10(21(18,19)20)6-5-9-11(12)14(17)8-4-2-1-3-7(8)13(9)16/h1-6H,15H2,(H,18,19,20). The summed E-state index contributed by atoms with van der Waals surface area (Å²) in [4.78, 5) is 24.2. The molecule has 0 bridgehead atoms. The zero-order valence-electron chi connectivity index (χ0n) is 10.5. The van der Waals surface area contributed by atoms with Crippen molar-refractivity contribution in [3.63, 3.8) is 0 Å². The molecule has 0 fully saturated rings. The minimum absolute atomic E-state index is 0.0311. The average Bonchev–Trinajstić information content (AvgIpc) is 2.43. The molecule has 0 heterocycles. The second kappa shape index (κ2) is 4.24. The number of benzene rings is 2. The van der Waals surface area contributed by atoms with E-state index >= 15 is 0 Å². The molecule has 21 heavy (non-hydrogen) atoms. The molecule has 3 N–H and O–H groups in total. The van der Waals surface area contributed by atoms with Gasteiger partial charge in [-0.25, -0.2) is 0 Å². The van der Waals surface area contributed by atoms with Crippen LogP contribution in [0.1, 0.15) is 31.8 Å². The van der Waals surface area contributed by atoms with Gasteiger partial charge in [-0.2, -0.15) is 8.42 Å². The van der Waals surface area contributed by atoms with Crippen molar-refractivity contribution in [1.82, 2.24) is 0 Å². The van der Waals surface area contributed by atoms with Crippen molar-refractivity contribution in [2.24, 2.45) is 0 Å². The predicted molar refractivity (Wildman–Crippen MR) is 74.0 cm³/mol. The van der Waals surface area contributed by atoms with E-state index < -0.39 is 32.3 Å². The second-order valence-corrected chi connectivity index (χ2v) is 5.97. The molecule has 0 aliphatic heterocycles. The van der Waals surface area contributed by atoms with Crippen molar-refractivity contribution in [1.29, 1.82) is 0 Å². The Morgan fingerprint density at radius 1 is 0.857 bits per heavy atom. The lowest BCUT2D eigenvalue weighted by Crippen LogP contribution is -2.23. The maximum absolute atomic E-state index is 12.4. The zero-order chi connectivity index (χ0) is 15.4. The number of carbonyl (C=O) groups excluding carboxylic acids is 2. The van der Waals surface area contributed by atoms with E-state index in [-0.39, 0.29) is 22.3 Å². The highest BCUT2D eigenvalue weighted by atomic mass is 32.2. The first-order chi connectivity index (χ1) is 9.82. The Bertz CT molecular complexity index is 915. The Balaban J connectivity index is 2.37. The summed E-state index contributed by atoms with van der Waals surface area (Å²) in [6.07, 6.45) is 0. The van der Waals surface area contributed by atoms with E-state index in [1.807, 2.05) is 0 Å². The van der Waals surface area contributed by atoms with Crippen LogP contribution in [-0.4, -0.2) is 24.5 Å². The molecule has 2 aromatic rings. The minimum atomic E-state index is -4.57. The zero-order valence-corrected chi connectivity index (χ0v) is 11.3. The Kier molecular flexibility index (Phi) is 2.72. The summed E-state index contributed by atoms with van der Waals surface area (Å²) >= 11 is 0. The fraction of sp³-hybridized carbons (Fsp3) is 0. The lowest BCUT2D eigenvalue weighted by molar-refractivity contribution is 0.0979. The molecule has 1 aliphatic carbocycles. The van der Waals surface area contributed by atoms with E-state index in [1.54, 1.807) is 12.1 Å². The number of fused-ring (bicyclic) bond motifs is 2. The van der Waals surface area contributed by atoms with Gasteiger partial charge in [0.25, 0.3) is 10.1 Å². The summed E-state index contributed by atoms with van der Waals surface area (Å²) in [6, 6.07) is 8.42. The Hall–Kier alpha value is -2.51. The number of hydrogen-bond donors (Lipinski definition) is 2. The van der Waals surface area contributed by atoms with Crippen LogP contribution in [-0.2, 0) is 10.1 Å². The molecule has 0 spiro atoms. The summed E-state index contributed by atoms with van der Waals surface area (Å²) in [5, 5.41) is 0. The molecule has 0 unspecified atom stereocenters. The van der Waals surface area contributed by atoms with Crippen molar-refractivity contribution in [3.05, 3.63) is 58.7 Å². The molecule has 0 atom stereocenters. The van der Waals surface area contributed by atoms with Crippen LogP contribution in [0.15, 0.2) is 41.3 Å². The third kappa shape index (κ3) is 1.86. The van der Waals surface area contributed by atoms with E-state index in [0.29, 0.717) is 0 Å². The first-order valence-corrected chi connectivity index (χ1v) is 7.35. The van der Waals surface area contributed by atoms with Crippen LogP contribution in [0.4, 0.5) is 5.69 Å². The highest BCUT2D eigenvalue weighted by Gasteiger charge is 2.33. The predicted octanol–water partition coefficient (Wildman–Crippen LogP) is 1.29. The highest BCUT2D eigenvalue weighted by molar-refractivity contribution is 7.86. The van der Waals surface area contributed by atoms with Gasteiger partial charge in [0.05, 0.1) is 11.3 Å². The Labute approximate surface area is 120 Å². The fourth-order valence-electron chi connectivity index (χ4n) is 2.42. The number of ketones is 2. The third-order valence-corrected chi connectivity index (χ3v) is 4.28. The average molecular weight is 303 g/mol. The van der Waals surface area contributed by atoms with Gasteiger partial charge >= 0.3 is 0 Å². The Morgan fingerprint density at radius 3 is 2.00 bits per heavy atom. The van der Waals surface area contributed by atoms with Crippen LogP contribution < -0.4 is 5.73 Å². The van der Waals surface area contributed by atoms with Crippen LogP contribution >= 0.6 is 0 Å². The lowest BCUT2D eigenvalue weighted by Gasteiger charge is -2.19. The van der Waals surface area contributed by atoms with Crippen molar-refractivity contribution in [3.8, 4) is 0 Å². The molecule has 0 amide bonds. The van der Waals surface area contributed by atoms with E-state index in [1.165, 1.54) is 18.2 Å². The molecular weight excluding hydrogens is 294 g/mol. The molecule has 0 saturated heterocycles. The smallest absolute Gasteiger partial charge is 0.296 e. The number of nitrogens with two attached hydrogens (primary N) is 1. The van der Waals surface area contributed by atoms with Crippen molar-refractivity contribution < 1.29 is 22.6 Å². The van der Waals surface area contributed by atoms with Gasteiger partial charge in [-0.1, -0.05) is 24.3 Å². The monoisotopic (exact) mass is 303 g/mol. The highest BCUT2D eigenvalue weighted by Crippen LogP contribution is 2.34. The number of nitrogen functional groups attached to an aromatic ring is 1. The van der Waals surface area contributed by atoms with Gasteiger partial charge in [0, 0.05) is 16.7 Å². The third-order valence-electron chi connectivity index (χ3n) is 3.37. The molecule has 0 radical (unpaired) electrons. The van der Waals surface area contributed by atoms with Gasteiger partial charge in [-0.3, -0.25) is 14.1 Å². The summed E-state index contributed by atoms with van der Waals surface area (Å²) in [7, 11) is -4.57. The summed E-state index contributed by atoms with van der Waals surface area (Å²) in [5.74, 6) is -0.947.